The summed E-state index contributed by atoms with van der Waals surface area (Å²) in [7, 11) is 0. The third-order valence-electron chi connectivity index (χ3n) is 3.04. The zero-order chi connectivity index (χ0) is 16.6. The number of anilines is 1. The molecule has 0 atom stereocenters. The van der Waals surface area contributed by atoms with Crippen molar-refractivity contribution < 1.29 is 13.2 Å². The van der Waals surface area contributed by atoms with Crippen molar-refractivity contribution in [3.05, 3.63) is 53.4 Å². The van der Waals surface area contributed by atoms with E-state index in [1.54, 1.807) is 6.07 Å². The van der Waals surface area contributed by atoms with Gasteiger partial charge in [-0.2, -0.15) is 23.0 Å². The fourth-order valence-electron chi connectivity index (χ4n) is 2.11. The molecule has 0 aliphatic heterocycles. The summed E-state index contributed by atoms with van der Waals surface area (Å²) in [5, 5.41) is 3.85. The van der Waals surface area contributed by atoms with Gasteiger partial charge >= 0.3 is 6.18 Å². The monoisotopic (exact) mass is 339 g/mol. The van der Waals surface area contributed by atoms with Crippen molar-refractivity contribution in [1.29, 1.82) is 0 Å². The molecule has 0 bridgehead atoms. The maximum absolute atomic E-state index is 13.3. The minimum absolute atomic E-state index is 0.0521. The average Bonchev–Trinajstić information content (AvgIpc) is 2.86. The Bertz CT molecular complexity index is 845. The molecule has 9 heteroatoms. The molecule has 0 saturated heterocycles. The first-order valence-electron chi connectivity index (χ1n) is 6.37. The van der Waals surface area contributed by atoms with Crippen LogP contribution in [0.4, 0.5) is 19.0 Å². The zero-order valence-electron chi connectivity index (χ0n) is 11.4. The van der Waals surface area contributed by atoms with Gasteiger partial charge in [-0.1, -0.05) is 23.7 Å². The van der Waals surface area contributed by atoms with Crippen LogP contribution in [0.3, 0.4) is 0 Å². The van der Waals surface area contributed by atoms with Gasteiger partial charge in [0.2, 0.25) is 0 Å². The highest BCUT2D eigenvalue weighted by atomic mass is 35.5. The summed E-state index contributed by atoms with van der Waals surface area (Å²) < 4.78 is 40.9. The van der Waals surface area contributed by atoms with Crippen molar-refractivity contribution in [3.63, 3.8) is 0 Å². The van der Waals surface area contributed by atoms with E-state index in [0.29, 0.717) is 5.02 Å². The number of aromatic nitrogens is 4. The van der Waals surface area contributed by atoms with E-state index in [9.17, 15) is 13.2 Å². The largest absolute Gasteiger partial charge is 0.435 e. The standard InChI is InChI=1S/C14H9ClF3N5/c15-9-4-1-3-8(7-9)10-11(14(16,17)18)22-23(12(10)19)13-20-5-2-6-21-13/h1-7H,19H2. The first kappa shape index (κ1) is 15.3. The Labute approximate surface area is 133 Å². The summed E-state index contributed by atoms with van der Waals surface area (Å²) in [6.07, 6.45) is -1.92. The van der Waals surface area contributed by atoms with Crippen LogP contribution < -0.4 is 5.73 Å². The summed E-state index contributed by atoms with van der Waals surface area (Å²) in [5.74, 6) is -0.269. The summed E-state index contributed by atoms with van der Waals surface area (Å²) in [4.78, 5) is 7.75. The van der Waals surface area contributed by atoms with Gasteiger partial charge in [0.1, 0.15) is 5.82 Å². The Morgan fingerprint density at radius 1 is 1.09 bits per heavy atom. The van der Waals surface area contributed by atoms with Crippen LogP contribution in [0.15, 0.2) is 42.7 Å². The predicted octanol–water partition coefficient (Wildman–Crippen LogP) is 3.58. The van der Waals surface area contributed by atoms with E-state index < -0.39 is 11.9 Å². The van der Waals surface area contributed by atoms with Crippen LogP contribution in [0.1, 0.15) is 5.69 Å². The molecular weight excluding hydrogens is 331 g/mol. The molecule has 5 nitrogen and oxygen atoms in total. The molecule has 118 valence electrons. The molecule has 0 radical (unpaired) electrons. The van der Waals surface area contributed by atoms with Gasteiger partial charge in [-0.25, -0.2) is 9.97 Å². The van der Waals surface area contributed by atoms with Gasteiger partial charge in [0, 0.05) is 17.4 Å². The lowest BCUT2D eigenvalue weighted by Gasteiger charge is -2.07. The van der Waals surface area contributed by atoms with E-state index in [2.05, 4.69) is 15.1 Å². The summed E-state index contributed by atoms with van der Waals surface area (Å²) in [6, 6.07) is 7.49. The first-order chi connectivity index (χ1) is 10.9. The lowest BCUT2D eigenvalue weighted by Crippen LogP contribution is -2.09. The molecule has 2 N–H and O–H groups in total. The van der Waals surface area contributed by atoms with E-state index >= 15 is 0 Å². The SMILES string of the molecule is Nc1c(-c2cccc(Cl)c2)c(C(F)(F)F)nn1-c1ncccn1. The van der Waals surface area contributed by atoms with Crippen LogP contribution in [0.5, 0.6) is 0 Å². The van der Waals surface area contributed by atoms with Crippen molar-refractivity contribution >= 4 is 17.4 Å². The van der Waals surface area contributed by atoms with Crippen molar-refractivity contribution in [3.8, 4) is 17.1 Å². The van der Waals surface area contributed by atoms with Gasteiger partial charge in [-0.3, -0.25) is 0 Å². The van der Waals surface area contributed by atoms with E-state index in [4.69, 9.17) is 17.3 Å². The lowest BCUT2D eigenvalue weighted by molar-refractivity contribution is -0.140. The average molecular weight is 340 g/mol. The smallest absolute Gasteiger partial charge is 0.383 e. The van der Waals surface area contributed by atoms with Crippen LogP contribution in [0.2, 0.25) is 5.02 Å². The maximum atomic E-state index is 13.3. The van der Waals surface area contributed by atoms with Gasteiger partial charge in [0.25, 0.3) is 5.95 Å². The molecule has 0 spiro atoms. The Balaban J connectivity index is 2.28. The summed E-state index contributed by atoms with van der Waals surface area (Å²) in [5.41, 5.74) is 4.73. The fraction of sp³-hybridized carbons (Fsp3) is 0.0714. The van der Waals surface area contributed by atoms with Crippen LogP contribution in [-0.2, 0) is 6.18 Å². The molecule has 0 unspecified atom stereocenters. The van der Waals surface area contributed by atoms with E-state index in [1.165, 1.54) is 36.7 Å². The number of rotatable bonds is 2. The Kier molecular flexibility index (Phi) is 3.69. The molecule has 23 heavy (non-hydrogen) atoms. The van der Waals surface area contributed by atoms with Gasteiger partial charge < -0.3 is 5.73 Å². The molecule has 3 rings (SSSR count). The Hall–Kier alpha value is -2.61. The topological polar surface area (TPSA) is 69.6 Å². The minimum atomic E-state index is -4.69. The number of halogens is 4. The predicted molar refractivity (Wildman–Crippen MR) is 79.0 cm³/mol. The molecule has 0 aliphatic carbocycles. The van der Waals surface area contributed by atoms with Crippen LogP contribution >= 0.6 is 11.6 Å². The highest BCUT2D eigenvalue weighted by Gasteiger charge is 2.39. The highest BCUT2D eigenvalue weighted by Crippen LogP contribution is 2.40. The molecule has 0 aliphatic rings. The highest BCUT2D eigenvalue weighted by molar-refractivity contribution is 6.30. The number of nitrogens with zero attached hydrogens (tertiary/aromatic N) is 4. The second kappa shape index (κ2) is 5.54. The van der Waals surface area contributed by atoms with Crippen molar-refractivity contribution in [2.24, 2.45) is 0 Å². The maximum Gasteiger partial charge on any atom is 0.435 e. The Morgan fingerprint density at radius 3 is 2.39 bits per heavy atom. The molecule has 2 aromatic heterocycles. The normalized spacial score (nSPS) is 11.7. The van der Waals surface area contributed by atoms with E-state index in [-0.39, 0.29) is 22.9 Å². The van der Waals surface area contributed by atoms with E-state index in [0.717, 1.165) is 4.68 Å². The number of hydrogen-bond donors (Lipinski definition) is 1. The molecule has 0 amide bonds. The third-order valence-corrected chi connectivity index (χ3v) is 3.28. The van der Waals surface area contributed by atoms with Gasteiger partial charge in [-0.05, 0) is 23.8 Å². The number of alkyl halides is 3. The van der Waals surface area contributed by atoms with Crippen molar-refractivity contribution in [2.45, 2.75) is 6.18 Å². The number of benzene rings is 1. The van der Waals surface area contributed by atoms with Crippen LogP contribution in [-0.4, -0.2) is 19.7 Å². The van der Waals surface area contributed by atoms with Gasteiger partial charge in [0.15, 0.2) is 5.69 Å². The number of hydrogen-bond acceptors (Lipinski definition) is 4. The fourth-order valence-corrected chi connectivity index (χ4v) is 2.30. The summed E-state index contributed by atoms with van der Waals surface area (Å²) >= 11 is 5.86. The first-order valence-corrected chi connectivity index (χ1v) is 6.75. The molecule has 3 aromatic rings. The zero-order valence-corrected chi connectivity index (χ0v) is 12.2. The number of nitrogen functional groups attached to an aromatic ring is 1. The lowest BCUT2D eigenvalue weighted by atomic mass is 10.1. The van der Waals surface area contributed by atoms with Crippen molar-refractivity contribution in [1.82, 2.24) is 19.7 Å². The third kappa shape index (κ3) is 2.85. The second-order valence-corrected chi connectivity index (χ2v) is 5.01. The molecule has 0 fully saturated rings. The Morgan fingerprint density at radius 2 is 1.78 bits per heavy atom. The van der Waals surface area contributed by atoms with E-state index in [1.807, 2.05) is 0 Å². The van der Waals surface area contributed by atoms with Crippen molar-refractivity contribution in [2.75, 3.05) is 5.73 Å². The quantitative estimate of drug-likeness (QED) is 0.774. The second-order valence-electron chi connectivity index (χ2n) is 4.58. The van der Waals surface area contributed by atoms with Crippen LogP contribution in [0, 0.1) is 0 Å². The molecule has 0 saturated carbocycles. The number of nitrogens with two attached hydrogens (primary N) is 1. The minimum Gasteiger partial charge on any atom is -0.383 e. The van der Waals surface area contributed by atoms with Gasteiger partial charge in [0.05, 0.1) is 5.56 Å². The molecular formula is C14H9ClF3N5. The molecule has 1 aromatic carbocycles. The summed E-state index contributed by atoms with van der Waals surface area (Å²) in [6.45, 7) is 0. The molecule has 2 heterocycles. The van der Waals surface area contributed by atoms with Crippen LogP contribution in [0.25, 0.3) is 17.1 Å². The van der Waals surface area contributed by atoms with Gasteiger partial charge in [-0.15, -0.1) is 0 Å².